The average Bonchev–Trinajstić information content (AvgIpc) is 3.13. The lowest BCUT2D eigenvalue weighted by molar-refractivity contribution is 0.303. The number of hydrogen-bond acceptors (Lipinski definition) is 3. The van der Waals surface area contributed by atoms with Gasteiger partial charge in [0.05, 0.1) is 11.8 Å². The summed E-state index contributed by atoms with van der Waals surface area (Å²) in [4.78, 5) is 4.31. The number of nitrogens with zero attached hydrogens (tertiary/aromatic N) is 1. The molecule has 17 heavy (non-hydrogen) atoms. The van der Waals surface area contributed by atoms with Gasteiger partial charge in [0.25, 0.3) is 0 Å². The number of benzene rings is 1. The molecule has 0 radical (unpaired) electrons. The minimum Gasteiger partial charge on any atom is -0.490 e. The van der Waals surface area contributed by atoms with Gasteiger partial charge in [0.15, 0.2) is 0 Å². The molecule has 86 valence electrons. The summed E-state index contributed by atoms with van der Waals surface area (Å²) < 4.78 is 5.76. The van der Waals surface area contributed by atoms with Gasteiger partial charge in [-0.25, -0.2) is 0 Å². The quantitative estimate of drug-likeness (QED) is 0.875. The Balaban J connectivity index is 1.91. The third-order valence-electron chi connectivity index (χ3n) is 2.74. The Morgan fingerprint density at radius 2 is 2.06 bits per heavy atom. The SMILES string of the molecule is Nc1ccnc(-c2cccc(OC3CC3)c2)c1. The van der Waals surface area contributed by atoms with E-state index in [1.54, 1.807) is 12.3 Å². The predicted molar refractivity (Wildman–Crippen MR) is 67.7 cm³/mol. The van der Waals surface area contributed by atoms with Gasteiger partial charge < -0.3 is 10.5 Å². The van der Waals surface area contributed by atoms with Crippen LogP contribution in [0.1, 0.15) is 12.8 Å². The fraction of sp³-hybridized carbons (Fsp3) is 0.214. The van der Waals surface area contributed by atoms with E-state index >= 15 is 0 Å². The van der Waals surface area contributed by atoms with Crippen LogP contribution >= 0.6 is 0 Å². The van der Waals surface area contributed by atoms with Crippen molar-refractivity contribution in [2.24, 2.45) is 0 Å². The number of pyridine rings is 1. The van der Waals surface area contributed by atoms with Crippen LogP contribution in [-0.4, -0.2) is 11.1 Å². The van der Waals surface area contributed by atoms with Crippen LogP contribution in [0.2, 0.25) is 0 Å². The third kappa shape index (κ3) is 2.38. The van der Waals surface area contributed by atoms with Gasteiger partial charge in [0, 0.05) is 17.4 Å². The highest BCUT2D eigenvalue weighted by atomic mass is 16.5. The van der Waals surface area contributed by atoms with Gasteiger partial charge in [0.1, 0.15) is 5.75 Å². The van der Waals surface area contributed by atoms with Gasteiger partial charge in [0.2, 0.25) is 0 Å². The molecule has 1 aliphatic rings. The van der Waals surface area contributed by atoms with Crippen LogP contribution in [-0.2, 0) is 0 Å². The third-order valence-corrected chi connectivity index (χ3v) is 2.74. The van der Waals surface area contributed by atoms with Crippen molar-refractivity contribution >= 4 is 5.69 Å². The summed E-state index contributed by atoms with van der Waals surface area (Å²) >= 11 is 0. The first-order valence-electron chi connectivity index (χ1n) is 5.80. The predicted octanol–water partition coefficient (Wildman–Crippen LogP) is 2.87. The molecular formula is C14H14N2O. The number of rotatable bonds is 3. The number of ether oxygens (including phenoxy) is 1. The zero-order chi connectivity index (χ0) is 11.7. The molecule has 2 N–H and O–H groups in total. The van der Waals surface area contributed by atoms with Gasteiger partial charge in [-0.15, -0.1) is 0 Å². The van der Waals surface area contributed by atoms with Crippen LogP contribution in [0.4, 0.5) is 5.69 Å². The van der Waals surface area contributed by atoms with Crippen molar-refractivity contribution in [2.75, 3.05) is 5.73 Å². The molecule has 0 amide bonds. The van der Waals surface area contributed by atoms with Crippen molar-refractivity contribution in [1.29, 1.82) is 0 Å². The van der Waals surface area contributed by atoms with Gasteiger partial charge in [-0.3, -0.25) is 4.98 Å². The lowest BCUT2D eigenvalue weighted by Crippen LogP contribution is -1.96. The fourth-order valence-electron chi connectivity index (χ4n) is 1.71. The number of nitrogen functional groups attached to an aromatic ring is 1. The van der Waals surface area contributed by atoms with Crippen LogP contribution in [0.15, 0.2) is 42.6 Å². The minimum atomic E-state index is 0.416. The second-order valence-corrected chi connectivity index (χ2v) is 4.32. The Kier molecular flexibility index (Phi) is 2.44. The Bertz CT molecular complexity index is 535. The molecule has 1 fully saturated rings. The van der Waals surface area contributed by atoms with Crippen LogP contribution in [0.5, 0.6) is 5.75 Å². The molecule has 0 spiro atoms. The monoisotopic (exact) mass is 226 g/mol. The van der Waals surface area contributed by atoms with E-state index in [0.29, 0.717) is 6.10 Å². The van der Waals surface area contributed by atoms with E-state index in [-0.39, 0.29) is 0 Å². The Morgan fingerprint density at radius 3 is 2.82 bits per heavy atom. The maximum Gasteiger partial charge on any atom is 0.120 e. The fourth-order valence-corrected chi connectivity index (χ4v) is 1.71. The Morgan fingerprint density at radius 1 is 1.18 bits per heavy atom. The molecule has 1 aromatic heterocycles. The molecule has 0 atom stereocenters. The molecule has 1 aromatic carbocycles. The molecule has 1 heterocycles. The van der Waals surface area contributed by atoms with E-state index in [0.717, 1.165) is 22.7 Å². The number of anilines is 1. The molecule has 1 saturated carbocycles. The lowest BCUT2D eigenvalue weighted by atomic mass is 10.1. The van der Waals surface area contributed by atoms with Crippen molar-refractivity contribution < 1.29 is 4.74 Å². The molecular weight excluding hydrogens is 212 g/mol. The molecule has 3 nitrogen and oxygen atoms in total. The van der Waals surface area contributed by atoms with E-state index in [4.69, 9.17) is 10.5 Å². The first-order valence-corrected chi connectivity index (χ1v) is 5.80. The van der Waals surface area contributed by atoms with E-state index in [2.05, 4.69) is 4.98 Å². The van der Waals surface area contributed by atoms with Crippen LogP contribution in [0.3, 0.4) is 0 Å². The second-order valence-electron chi connectivity index (χ2n) is 4.32. The summed E-state index contributed by atoms with van der Waals surface area (Å²) in [7, 11) is 0. The van der Waals surface area contributed by atoms with Gasteiger partial charge in [-0.05, 0) is 37.1 Å². The largest absolute Gasteiger partial charge is 0.490 e. The van der Waals surface area contributed by atoms with Crippen LogP contribution in [0, 0.1) is 0 Å². The molecule has 0 saturated heterocycles. The summed E-state index contributed by atoms with van der Waals surface area (Å²) in [6.45, 7) is 0. The van der Waals surface area contributed by atoms with E-state index in [1.807, 2.05) is 30.3 Å². The van der Waals surface area contributed by atoms with E-state index < -0.39 is 0 Å². The summed E-state index contributed by atoms with van der Waals surface area (Å²) in [5.41, 5.74) is 8.40. The topological polar surface area (TPSA) is 48.1 Å². The molecule has 0 aliphatic heterocycles. The zero-order valence-corrected chi connectivity index (χ0v) is 9.47. The van der Waals surface area contributed by atoms with Gasteiger partial charge in [-0.2, -0.15) is 0 Å². The molecule has 3 heteroatoms. The van der Waals surface area contributed by atoms with Gasteiger partial charge in [-0.1, -0.05) is 12.1 Å². The van der Waals surface area contributed by atoms with E-state index in [9.17, 15) is 0 Å². The average molecular weight is 226 g/mol. The van der Waals surface area contributed by atoms with E-state index in [1.165, 1.54) is 12.8 Å². The number of aromatic nitrogens is 1. The number of hydrogen-bond donors (Lipinski definition) is 1. The molecule has 2 aromatic rings. The Labute approximate surface area is 100 Å². The van der Waals surface area contributed by atoms with Gasteiger partial charge >= 0.3 is 0 Å². The number of nitrogens with two attached hydrogens (primary N) is 1. The summed E-state index contributed by atoms with van der Waals surface area (Å²) in [6, 6.07) is 11.7. The standard InChI is InChI=1S/C14H14N2O/c15-11-6-7-16-14(9-11)10-2-1-3-13(8-10)17-12-4-5-12/h1-3,6-9,12H,4-5H2,(H2,15,16). The summed E-state index contributed by atoms with van der Waals surface area (Å²) in [5.74, 6) is 0.911. The smallest absolute Gasteiger partial charge is 0.120 e. The van der Waals surface area contributed by atoms with Crippen molar-refractivity contribution in [1.82, 2.24) is 4.98 Å². The maximum absolute atomic E-state index is 5.76. The maximum atomic E-state index is 5.76. The minimum absolute atomic E-state index is 0.416. The zero-order valence-electron chi connectivity index (χ0n) is 9.47. The molecule has 0 unspecified atom stereocenters. The molecule has 1 aliphatic carbocycles. The summed E-state index contributed by atoms with van der Waals surface area (Å²) in [5, 5.41) is 0. The summed E-state index contributed by atoms with van der Waals surface area (Å²) in [6.07, 6.45) is 4.47. The Hall–Kier alpha value is -2.03. The van der Waals surface area contributed by atoms with Crippen molar-refractivity contribution in [3.63, 3.8) is 0 Å². The first kappa shape index (κ1) is 10.1. The lowest BCUT2D eigenvalue weighted by Gasteiger charge is -2.06. The first-order chi connectivity index (χ1) is 8.31. The normalized spacial score (nSPS) is 14.6. The van der Waals surface area contributed by atoms with Crippen LogP contribution in [0.25, 0.3) is 11.3 Å². The highest BCUT2D eigenvalue weighted by molar-refractivity contribution is 5.64. The highest BCUT2D eigenvalue weighted by Crippen LogP contribution is 2.29. The van der Waals surface area contributed by atoms with Crippen LogP contribution < -0.4 is 10.5 Å². The second kappa shape index (κ2) is 4.09. The van der Waals surface area contributed by atoms with Crippen molar-refractivity contribution in [2.45, 2.75) is 18.9 Å². The van der Waals surface area contributed by atoms with Crippen molar-refractivity contribution in [3.8, 4) is 17.0 Å². The highest BCUT2D eigenvalue weighted by Gasteiger charge is 2.23. The van der Waals surface area contributed by atoms with Crippen molar-refractivity contribution in [3.05, 3.63) is 42.6 Å². The molecule has 0 bridgehead atoms. The molecule has 3 rings (SSSR count).